The van der Waals surface area contributed by atoms with Crippen molar-refractivity contribution in [1.29, 1.82) is 0 Å². The van der Waals surface area contributed by atoms with Crippen molar-refractivity contribution in [1.82, 2.24) is 19.7 Å². The van der Waals surface area contributed by atoms with Gasteiger partial charge in [-0.3, -0.25) is 0 Å². The van der Waals surface area contributed by atoms with Gasteiger partial charge < -0.3 is 15.2 Å². The van der Waals surface area contributed by atoms with E-state index in [2.05, 4.69) is 15.2 Å². The lowest BCUT2D eigenvalue weighted by atomic mass is 10.2. The monoisotopic (exact) mass is 298 g/mol. The summed E-state index contributed by atoms with van der Waals surface area (Å²) in [5, 5.41) is 6.90. The van der Waals surface area contributed by atoms with Crippen LogP contribution < -0.4 is 10.6 Å². The molecule has 0 aliphatic carbocycles. The third kappa shape index (κ3) is 2.39. The third-order valence-corrected chi connectivity index (χ3v) is 3.38. The van der Waals surface area contributed by atoms with Crippen LogP contribution in [0.2, 0.25) is 0 Å². The van der Waals surface area contributed by atoms with Gasteiger partial charge in [0.2, 0.25) is 5.82 Å². The van der Waals surface area contributed by atoms with Gasteiger partial charge in [-0.1, -0.05) is 0 Å². The summed E-state index contributed by atoms with van der Waals surface area (Å²) in [5.74, 6) is 0.0396. The predicted molar refractivity (Wildman–Crippen MR) is 69.5 cm³/mol. The van der Waals surface area contributed by atoms with Crippen molar-refractivity contribution in [2.75, 3.05) is 17.2 Å². The van der Waals surface area contributed by atoms with Crippen LogP contribution in [0.3, 0.4) is 0 Å². The minimum Gasteiger partial charge on any atom is -0.397 e. The number of hydrogen-bond donors (Lipinski definition) is 1. The molecule has 0 amide bonds. The number of pyridine rings is 1. The Balaban J connectivity index is 1.90. The molecule has 3 heterocycles. The van der Waals surface area contributed by atoms with Crippen LogP contribution in [0.5, 0.6) is 0 Å². The highest BCUT2D eigenvalue weighted by molar-refractivity contribution is 5.52. The second-order valence-corrected chi connectivity index (χ2v) is 4.92. The first-order valence-electron chi connectivity index (χ1n) is 6.32. The zero-order valence-corrected chi connectivity index (χ0v) is 11.2. The van der Waals surface area contributed by atoms with Crippen LogP contribution in [0.15, 0.2) is 12.3 Å². The van der Waals surface area contributed by atoms with E-state index in [1.807, 2.05) is 11.8 Å². The van der Waals surface area contributed by atoms with E-state index >= 15 is 0 Å². The fourth-order valence-corrected chi connectivity index (χ4v) is 2.47. The van der Waals surface area contributed by atoms with Crippen molar-refractivity contribution < 1.29 is 13.2 Å². The number of nitrogens with two attached hydrogens (primary N) is 1. The molecule has 0 saturated carbocycles. The van der Waals surface area contributed by atoms with Crippen LogP contribution in [0.1, 0.15) is 17.2 Å². The first-order valence-corrected chi connectivity index (χ1v) is 6.32. The molecule has 0 saturated heterocycles. The molecular weight excluding hydrogens is 285 g/mol. The molecule has 0 fully saturated rings. The van der Waals surface area contributed by atoms with Gasteiger partial charge in [0, 0.05) is 13.1 Å². The Kier molecular flexibility index (Phi) is 2.99. The van der Waals surface area contributed by atoms with E-state index in [1.165, 1.54) is 6.20 Å². The predicted octanol–water partition coefficient (Wildman–Crippen LogP) is 1.60. The Morgan fingerprint density at radius 1 is 1.24 bits per heavy atom. The second kappa shape index (κ2) is 4.61. The van der Waals surface area contributed by atoms with E-state index in [0.29, 0.717) is 18.1 Å². The summed E-state index contributed by atoms with van der Waals surface area (Å²) in [6.07, 6.45) is -2.95. The summed E-state index contributed by atoms with van der Waals surface area (Å²) < 4.78 is 39.4. The highest BCUT2D eigenvalue weighted by Gasteiger charge is 2.39. The average molecular weight is 298 g/mol. The molecule has 112 valence electrons. The molecule has 0 atom stereocenters. The minimum atomic E-state index is -4.48. The number of alkyl halides is 3. The van der Waals surface area contributed by atoms with Crippen molar-refractivity contribution >= 4 is 11.5 Å². The van der Waals surface area contributed by atoms with Gasteiger partial charge in [0.25, 0.3) is 0 Å². The molecule has 0 unspecified atom stereocenters. The summed E-state index contributed by atoms with van der Waals surface area (Å²) in [4.78, 5) is 6.13. The Bertz CT molecular complexity index is 678. The molecule has 6 nitrogen and oxygen atoms in total. The molecule has 1 aliphatic rings. The Morgan fingerprint density at radius 3 is 2.67 bits per heavy atom. The van der Waals surface area contributed by atoms with E-state index in [9.17, 15) is 13.2 Å². The number of nitrogen functional groups attached to an aromatic ring is 1. The van der Waals surface area contributed by atoms with Gasteiger partial charge in [0.1, 0.15) is 5.82 Å². The summed E-state index contributed by atoms with van der Waals surface area (Å²) >= 11 is 0. The highest BCUT2D eigenvalue weighted by Crippen LogP contribution is 2.30. The SMILES string of the molecule is Cc1cc(N)cnc1N1CCn2c(nnc2C(F)(F)F)C1. The molecule has 9 heteroatoms. The first kappa shape index (κ1) is 13.7. The van der Waals surface area contributed by atoms with Crippen LogP contribution in [-0.2, 0) is 19.3 Å². The number of fused-ring (bicyclic) bond motifs is 1. The van der Waals surface area contributed by atoms with E-state index in [-0.39, 0.29) is 18.9 Å². The summed E-state index contributed by atoms with van der Waals surface area (Å²) in [6.45, 7) is 2.68. The summed E-state index contributed by atoms with van der Waals surface area (Å²) in [5.41, 5.74) is 7.08. The Hall–Kier alpha value is -2.32. The number of rotatable bonds is 1. The normalized spacial score (nSPS) is 15.1. The van der Waals surface area contributed by atoms with Crippen molar-refractivity contribution in [3.63, 3.8) is 0 Å². The number of aryl methyl sites for hydroxylation is 1. The van der Waals surface area contributed by atoms with Crippen molar-refractivity contribution in [2.45, 2.75) is 26.2 Å². The summed E-state index contributed by atoms with van der Waals surface area (Å²) in [6, 6.07) is 1.78. The maximum absolute atomic E-state index is 12.8. The number of hydrogen-bond acceptors (Lipinski definition) is 5. The quantitative estimate of drug-likeness (QED) is 0.865. The van der Waals surface area contributed by atoms with Crippen LogP contribution in [0.25, 0.3) is 0 Å². The van der Waals surface area contributed by atoms with Crippen LogP contribution in [0, 0.1) is 6.92 Å². The van der Waals surface area contributed by atoms with E-state index in [4.69, 9.17) is 5.73 Å². The van der Waals surface area contributed by atoms with Crippen molar-refractivity contribution in [2.24, 2.45) is 0 Å². The van der Waals surface area contributed by atoms with Crippen LogP contribution >= 0.6 is 0 Å². The molecule has 21 heavy (non-hydrogen) atoms. The van der Waals surface area contributed by atoms with Gasteiger partial charge in [-0.2, -0.15) is 13.2 Å². The number of nitrogens with zero attached hydrogens (tertiary/aromatic N) is 5. The number of halogens is 3. The van der Waals surface area contributed by atoms with E-state index < -0.39 is 12.0 Å². The molecule has 0 aromatic carbocycles. The zero-order chi connectivity index (χ0) is 15.2. The van der Waals surface area contributed by atoms with Gasteiger partial charge >= 0.3 is 6.18 Å². The number of anilines is 2. The lowest BCUT2D eigenvalue weighted by Crippen LogP contribution is -2.36. The van der Waals surface area contributed by atoms with Crippen molar-refractivity contribution in [3.05, 3.63) is 29.5 Å². The van der Waals surface area contributed by atoms with Gasteiger partial charge in [-0.15, -0.1) is 10.2 Å². The molecule has 3 rings (SSSR count). The minimum absolute atomic E-state index is 0.169. The lowest BCUT2D eigenvalue weighted by Gasteiger charge is -2.29. The lowest BCUT2D eigenvalue weighted by molar-refractivity contribution is -0.147. The molecule has 1 aliphatic heterocycles. The molecule has 0 spiro atoms. The highest BCUT2D eigenvalue weighted by atomic mass is 19.4. The fraction of sp³-hybridized carbons (Fsp3) is 0.417. The summed E-state index contributed by atoms with van der Waals surface area (Å²) in [7, 11) is 0. The van der Waals surface area contributed by atoms with Crippen molar-refractivity contribution in [3.8, 4) is 0 Å². The molecule has 2 aromatic rings. The average Bonchev–Trinajstić information content (AvgIpc) is 2.81. The van der Waals surface area contributed by atoms with Gasteiger partial charge in [0.05, 0.1) is 18.4 Å². The smallest absolute Gasteiger partial charge is 0.397 e. The standard InChI is InChI=1S/C12H13F3N6/c1-7-4-8(16)5-17-10(7)20-2-3-21-9(6-20)18-19-11(21)12(13,14)15/h4-5H,2-3,6,16H2,1H3. The maximum Gasteiger partial charge on any atom is 0.451 e. The van der Waals surface area contributed by atoms with E-state index in [0.717, 1.165) is 10.1 Å². The number of aromatic nitrogens is 4. The van der Waals surface area contributed by atoms with E-state index in [1.54, 1.807) is 6.07 Å². The third-order valence-electron chi connectivity index (χ3n) is 3.38. The second-order valence-electron chi connectivity index (χ2n) is 4.92. The fourth-order valence-electron chi connectivity index (χ4n) is 2.47. The van der Waals surface area contributed by atoms with Gasteiger partial charge in [0.15, 0.2) is 5.82 Å². The topological polar surface area (TPSA) is 72.9 Å². The van der Waals surface area contributed by atoms with Gasteiger partial charge in [-0.25, -0.2) is 4.98 Å². The maximum atomic E-state index is 12.8. The Morgan fingerprint density at radius 2 is 2.00 bits per heavy atom. The largest absolute Gasteiger partial charge is 0.451 e. The molecule has 0 bridgehead atoms. The van der Waals surface area contributed by atoms with Crippen LogP contribution in [-0.4, -0.2) is 26.3 Å². The molecular formula is C12H13F3N6. The molecule has 2 N–H and O–H groups in total. The first-order chi connectivity index (χ1) is 9.86. The zero-order valence-electron chi connectivity index (χ0n) is 11.2. The van der Waals surface area contributed by atoms with Crippen LogP contribution in [0.4, 0.5) is 24.7 Å². The Labute approximate surface area is 118 Å². The van der Waals surface area contributed by atoms with Gasteiger partial charge in [-0.05, 0) is 18.6 Å². The molecule has 0 radical (unpaired) electrons. The molecule has 2 aromatic heterocycles.